The molecule has 0 aliphatic rings. The molecule has 3 N–H and O–H groups in total. The fourth-order valence-electron chi connectivity index (χ4n) is 0. The van der Waals surface area contributed by atoms with Crippen LogP contribution >= 0.6 is 0 Å². The molecule has 0 aliphatic carbocycles. The molecule has 0 aromatic heterocycles. The van der Waals surface area contributed by atoms with E-state index >= 15 is 0 Å². The Morgan fingerprint density at radius 2 is 1.80 bits per heavy atom. The number of hydrazine groups is 1. The topological polar surface area (TPSA) is 38.0 Å². The van der Waals surface area contributed by atoms with Gasteiger partial charge in [-0.1, -0.05) is 13.1 Å². The maximum absolute atomic E-state index is 4.98. The second kappa shape index (κ2) is 2.38. The van der Waals surface area contributed by atoms with Gasteiger partial charge in [0.15, 0.2) is 0 Å². The molecule has 0 saturated heterocycles. The van der Waals surface area contributed by atoms with E-state index in [-0.39, 0.29) is 0 Å². The Balaban J connectivity index is 2.54. The fraction of sp³-hybridized carbons (Fsp3) is 1.00. The van der Waals surface area contributed by atoms with Gasteiger partial charge in [0.25, 0.3) is 0 Å². The van der Waals surface area contributed by atoms with Gasteiger partial charge in [-0.3, -0.25) is 10.9 Å². The summed E-state index contributed by atoms with van der Waals surface area (Å²) in [7, 11) is -0.622. The molecular weight excluding hydrogens is 80.1 g/mol. The van der Waals surface area contributed by atoms with Gasteiger partial charge in [-0.15, -0.1) is 0 Å². The van der Waals surface area contributed by atoms with Crippen molar-refractivity contribution in [2.75, 3.05) is 0 Å². The van der Waals surface area contributed by atoms with Crippen LogP contribution in [0.5, 0.6) is 0 Å². The molecule has 0 aromatic rings. The molecule has 0 amide bonds. The van der Waals surface area contributed by atoms with E-state index in [0.717, 1.165) is 0 Å². The quantitative estimate of drug-likeness (QED) is 0.257. The van der Waals surface area contributed by atoms with Gasteiger partial charge >= 0.3 is 0 Å². The summed E-state index contributed by atoms with van der Waals surface area (Å²) < 4.78 is 0. The zero-order chi connectivity index (χ0) is 4.28. The smallest absolute Gasteiger partial charge is 0.119 e. The van der Waals surface area contributed by atoms with Crippen LogP contribution in [0.4, 0.5) is 0 Å². The highest BCUT2D eigenvalue weighted by molar-refractivity contribution is 6.52. The Labute approximate surface area is 34.0 Å². The Hall–Kier alpha value is 0.137. The monoisotopic (exact) mass is 90.1 g/mol. The van der Waals surface area contributed by atoms with E-state index < -0.39 is 8.96 Å². The molecule has 0 heterocycles. The molecule has 32 valence electrons. The third kappa shape index (κ3) is 4.14. The lowest BCUT2D eigenvalue weighted by Crippen LogP contribution is -2.33. The summed E-state index contributed by atoms with van der Waals surface area (Å²) >= 11 is 0. The van der Waals surface area contributed by atoms with Gasteiger partial charge in [-0.25, -0.2) is 0 Å². The van der Waals surface area contributed by atoms with Crippen molar-refractivity contribution in [2.24, 2.45) is 5.84 Å². The fourth-order valence-corrected chi connectivity index (χ4v) is 0. The standard InChI is InChI=1S/C2H10N2Si/c1-5(2)4-3/h4-5H,3H2,1-2H3. The van der Waals surface area contributed by atoms with Crippen molar-refractivity contribution < 1.29 is 0 Å². The molecule has 0 unspecified atom stereocenters. The van der Waals surface area contributed by atoms with Gasteiger partial charge < -0.3 is 0 Å². The predicted octanol–water partition coefficient (Wildman–Crippen LogP) is -0.567. The number of hydrogen-bond donors (Lipinski definition) is 2. The number of hydrogen-bond acceptors (Lipinski definition) is 2. The molecule has 3 heteroatoms. The first-order valence-corrected chi connectivity index (χ1v) is 4.62. The van der Waals surface area contributed by atoms with E-state index in [2.05, 4.69) is 18.2 Å². The Morgan fingerprint density at radius 3 is 1.80 bits per heavy atom. The van der Waals surface area contributed by atoms with Crippen LogP contribution in [0.1, 0.15) is 0 Å². The largest absolute Gasteiger partial charge is 0.285 e. The van der Waals surface area contributed by atoms with E-state index in [0.29, 0.717) is 0 Å². The highest BCUT2D eigenvalue weighted by Crippen LogP contribution is 1.59. The summed E-state index contributed by atoms with van der Waals surface area (Å²) in [6, 6.07) is 0. The molecule has 0 spiro atoms. The van der Waals surface area contributed by atoms with Gasteiger partial charge in [-0.2, -0.15) is 0 Å². The lowest BCUT2D eigenvalue weighted by Gasteiger charge is -1.92. The second-order valence-corrected chi connectivity index (χ2v) is 3.96. The highest BCUT2D eigenvalue weighted by Gasteiger charge is 1.81. The van der Waals surface area contributed by atoms with E-state index in [1.165, 1.54) is 0 Å². The lowest BCUT2D eigenvalue weighted by molar-refractivity contribution is 1.06. The van der Waals surface area contributed by atoms with Crippen LogP contribution in [-0.2, 0) is 0 Å². The minimum absolute atomic E-state index is 0.622. The van der Waals surface area contributed by atoms with Crippen LogP contribution in [0, 0.1) is 0 Å². The second-order valence-electron chi connectivity index (χ2n) is 1.32. The minimum atomic E-state index is -0.622. The van der Waals surface area contributed by atoms with Crippen molar-refractivity contribution in [1.82, 2.24) is 5.09 Å². The van der Waals surface area contributed by atoms with Crippen LogP contribution in [0.25, 0.3) is 0 Å². The van der Waals surface area contributed by atoms with Crippen molar-refractivity contribution in [3.63, 3.8) is 0 Å². The molecule has 2 nitrogen and oxygen atoms in total. The molecule has 0 fully saturated rings. The Kier molecular flexibility index (Phi) is 2.44. The van der Waals surface area contributed by atoms with Gasteiger partial charge in [0, 0.05) is 0 Å². The number of nitrogens with one attached hydrogen (secondary N) is 1. The van der Waals surface area contributed by atoms with Crippen molar-refractivity contribution in [2.45, 2.75) is 13.1 Å². The molecule has 0 aromatic carbocycles. The zero-order valence-corrected chi connectivity index (χ0v) is 4.81. The van der Waals surface area contributed by atoms with Crippen LogP contribution in [-0.4, -0.2) is 8.96 Å². The third-order valence-electron chi connectivity index (χ3n) is 0.333. The van der Waals surface area contributed by atoms with Crippen LogP contribution < -0.4 is 10.9 Å². The summed E-state index contributed by atoms with van der Waals surface area (Å²) in [5.41, 5.74) is 0. The van der Waals surface area contributed by atoms with Crippen LogP contribution in [0.2, 0.25) is 13.1 Å². The van der Waals surface area contributed by atoms with E-state index in [4.69, 9.17) is 5.84 Å². The molecule has 0 aliphatic heterocycles. The van der Waals surface area contributed by atoms with Crippen molar-refractivity contribution in [3.05, 3.63) is 0 Å². The predicted molar refractivity (Wildman–Crippen MR) is 26.2 cm³/mol. The molecule has 0 radical (unpaired) electrons. The molecule has 5 heavy (non-hydrogen) atoms. The van der Waals surface area contributed by atoms with Crippen LogP contribution in [0.3, 0.4) is 0 Å². The molecule has 0 atom stereocenters. The highest BCUT2D eigenvalue weighted by atomic mass is 28.3. The van der Waals surface area contributed by atoms with Crippen molar-refractivity contribution in [3.8, 4) is 0 Å². The van der Waals surface area contributed by atoms with E-state index in [9.17, 15) is 0 Å². The summed E-state index contributed by atoms with van der Waals surface area (Å²) in [5.74, 6) is 4.98. The SMILES string of the molecule is C[SiH](C)NN. The normalized spacial score (nSPS) is 9.60. The average molecular weight is 90.2 g/mol. The van der Waals surface area contributed by atoms with Gasteiger partial charge in [-0.05, 0) is 0 Å². The summed E-state index contributed by atoms with van der Waals surface area (Å²) in [4.78, 5) is 0. The maximum atomic E-state index is 4.98. The van der Waals surface area contributed by atoms with Crippen molar-refractivity contribution in [1.29, 1.82) is 0 Å². The third-order valence-corrected chi connectivity index (χ3v) is 1.00. The Morgan fingerprint density at radius 1 is 1.60 bits per heavy atom. The lowest BCUT2D eigenvalue weighted by atomic mass is 11.9. The molecule has 0 rings (SSSR count). The first-order chi connectivity index (χ1) is 2.27. The summed E-state index contributed by atoms with van der Waals surface area (Å²) in [5, 5.41) is 2.67. The maximum Gasteiger partial charge on any atom is 0.119 e. The minimum Gasteiger partial charge on any atom is -0.285 e. The Bertz CT molecular complexity index is 21.6. The van der Waals surface area contributed by atoms with Crippen LogP contribution in [0.15, 0.2) is 0 Å². The first kappa shape index (κ1) is 5.14. The summed E-state index contributed by atoms with van der Waals surface area (Å²) in [6.45, 7) is 4.25. The molecule has 0 bridgehead atoms. The van der Waals surface area contributed by atoms with E-state index in [1.54, 1.807) is 0 Å². The van der Waals surface area contributed by atoms with Gasteiger partial charge in [0.1, 0.15) is 8.96 Å². The molecule has 0 saturated carbocycles. The number of rotatable bonds is 1. The van der Waals surface area contributed by atoms with Crippen molar-refractivity contribution >= 4 is 8.96 Å². The average Bonchev–Trinajstić information content (AvgIpc) is 1.38. The van der Waals surface area contributed by atoms with E-state index in [1.807, 2.05) is 0 Å². The van der Waals surface area contributed by atoms with Gasteiger partial charge in [0.05, 0.1) is 0 Å². The summed E-state index contributed by atoms with van der Waals surface area (Å²) in [6.07, 6.45) is 0. The number of nitrogens with two attached hydrogens (primary N) is 1. The first-order valence-electron chi connectivity index (χ1n) is 1.73. The van der Waals surface area contributed by atoms with Gasteiger partial charge in [0.2, 0.25) is 0 Å². The zero-order valence-electron chi connectivity index (χ0n) is 3.65. The molecular formula is C2H10N2Si.